The van der Waals surface area contributed by atoms with Gasteiger partial charge in [-0.3, -0.25) is 0 Å². The van der Waals surface area contributed by atoms with Crippen molar-refractivity contribution in [2.45, 2.75) is 38.4 Å². The molecule has 0 spiro atoms. The SMILES string of the molecule is C=CCC/C(=N\[S@@](=O)C(C)(C)C)c1cc[n+](C)c(F)c1Cl. The van der Waals surface area contributed by atoms with E-state index in [2.05, 4.69) is 11.0 Å². The van der Waals surface area contributed by atoms with Gasteiger partial charge in [-0.25, -0.2) is 4.21 Å². The summed E-state index contributed by atoms with van der Waals surface area (Å²) in [6.07, 6.45) is 4.47. The fourth-order valence-electron chi connectivity index (χ4n) is 1.52. The number of allylic oxidation sites excluding steroid dienone is 1. The molecule has 6 heteroatoms. The Kier molecular flexibility index (Phi) is 6.23. The average Bonchev–Trinajstić information content (AvgIpc) is 2.40. The highest BCUT2D eigenvalue weighted by atomic mass is 35.5. The van der Waals surface area contributed by atoms with Crippen molar-refractivity contribution in [2.24, 2.45) is 11.4 Å². The smallest absolute Gasteiger partial charge is 0.234 e. The number of rotatable bonds is 5. The lowest BCUT2D eigenvalue weighted by Gasteiger charge is -2.15. The van der Waals surface area contributed by atoms with Gasteiger partial charge in [0.2, 0.25) is 0 Å². The van der Waals surface area contributed by atoms with Crippen molar-refractivity contribution < 1.29 is 13.2 Å². The van der Waals surface area contributed by atoms with Crippen molar-refractivity contribution in [3.8, 4) is 0 Å². The van der Waals surface area contributed by atoms with Gasteiger partial charge in [0, 0.05) is 11.6 Å². The monoisotopic (exact) mass is 331 g/mol. The topological polar surface area (TPSA) is 33.3 Å². The molecule has 3 nitrogen and oxygen atoms in total. The molecule has 0 N–H and O–H groups in total. The van der Waals surface area contributed by atoms with Gasteiger partial charge < -0.3 is 0 Å². The average molecular weight is 332 g/mol. The van der Waals surface area contributed by atoms with Gasteiger partial charge in [-0.05, 0) is 33.6 Å². The summed E-state index contributed by atoms with van der Waals surface area (Å²) in [5.74, 6) is -0.540. The molecule has 0 bridgehead atoms. The van der Waals surface area contributed by atoms with Crippen molar-refractivity contribution in [1.82, 2.24) is 0 Å². The lowest BCUT2D eigenvalue weighted by Crippen LogP contribution is -2.33. The van der Waals surface area contributed by atoms with Crippen LogP contribution < -0.4 is 4.57 Å². The fraction of sp³-hybridized carbons (Fsp3) is 0.467. The molecule has 1 aromatic heterocycles. The molecule has 0 unspecified atom stereocenters. The maximum absolute atomic E-state index is 13.9. The van der Waals surface area contributed by atoms with Crippen LogP contribution in [-0.4, -0.2) is 14.7 Å². The Hall–Kier alpha value is -1.07. The molecule has 21 heavy (non-hydrogen) atoms. The van der Waals surface area contributed by atoms with Crippen LogP contribution in [-0.2, 0) is 18.0 Å². The van der Waals surface area contributed by atoms with Crippen molar-refractivity contribution in [1.29, 1.82) is 0 Å². The van der Waals surface area contributed by atoms with E-state index in [1.54, 1.807) is 25.4 Å². The van der Waals surface area contributed by atoms with Crippen LogP contribution in [0.15, 0.2) is 29.3 Å². The molecule has 0 aromatic carbocycles. The van der Waals surface area contributed by atoms with Gasteiger partial charge in [-0.2, -0.15) is 8.96 Å². The van der Waals surface area contributed by atoms with E-state index in [1.807, 2.05) is 20.8 Å². The zero-order valence-electron chi connectivity index (χ0n) is 12.8. The van der Waals surface area contributed by atoms with Crippen LogP contribution in [0.1, 0.15) is 39.2 Å². The van der Waals surface area contributed by atoms with E-state index < -0.39 is 21.7 Å². The number of nitrogens with zero attached hydrogens (tertiary/aromatic N) is 2. The maximum Gasteiger partial charge on any atom is 0.378 e. The summed E-state index contributed by atoms with van der Waals surface area (Å²) in [6.45, 7) is 9.18. The molecule has 1 atom stereocenters. The third-order valence-electron chi connectivity index (χ3n) is 2.81. The first-order chi connectivity index (χ1) is 9.68. The summed E-state index contributed by atoms with van der Waals surface area (Å²) < 4.78 is 31.2. The van der Waals surface area contributed by atoms with E-state index in [1.165, 1.54) is 4.57 Å². The highest BCUT2D eigenvalue weighted by Gasteiger charge is 2.23. The molecule has 0 amide bonds. The van der Waals surface area contributed by atoms with Gasteiger partial charge in [0.05, 0.1) is 10.5 Å². The molecule has 0 aliphatic rings. The van der Waals surface area contributed by atoms with Crippen LogP contribution >= 0.6 is 11.6 Å². The Labute approximate surface area is 133 Å². The van der Waals surface area contributed by atoms with Crippen LogP contribution in [0.25, 0.3) is 0 Å². The summed E-state index contributed by atoms with van der Waals surface area (Å²) in [5, 5.41) is -0.00581. The normalized spacial score (nSPS) is 14.1. The van der Waals surface area contributed by atoms with Gasteiger partial charge in [0.15, 0.2) is 11.2 Å². The molecule has 0 saturated heterocycles. The minimum atomic E-state index is -1.43. The second-order valence-electron chi connectivity index (χ2n) is 5.67. The highest BCUT2D eigenvalue weighted by molar-refractivity contribution is 7.85. The lowest BCUT2D eigenvalue weighted by molar-refractivity contribution is -0.700. The maximum atomic E-state index is 13.9. The summed E-state index contributed by atoms with van der Waals surface area (Å²) in [5.41, 5.74) is 1.01. The highest BCUT2D eigenvalue weighted by Crippen LogP contribution is 2.22. The molecule has 0 saturated carbocycles. The minimum Gasteiger partial charge on any atom is -0.234 e. The van der Waals surface area contributed by atoms with Gasteiger partial charge in [-0.15, -0.1) is 11.0 Å². The first-order valence-corrected chi connectivity index (χ1v) is 8.11. The van der Waals surface area contributed by atoms with Gasteiger partial charge in [0.25, 0.3) is 0 Å². The predicted molar refractivity (Wildman–Crippen MR) is 86.4 cm³/mol. The number of hydrogen-bond acceptors (Lipinski definition) is 1. The molecule has 0 fully saturated rings. The van der Waals surface area contributed by atoms with Crippen molar-refractivity contribution in [3.05, 3.63) is 41.5 Å². The van der Waals surface area contributed by atoms with E-state index in [0.717, 1.165) is 0 Å². The van der Waals surface area contributed by atoms with Crippen LogP contribution in [0.5, 0.6) is 0 Å². The quantitative estimate of drug-likeness (QED) is 0.352. The number of halogens is 2. The Bertz CT molecular complexity index is 594. The minimum absolute atomic E-state index is 0.00581. The summed E-state index contributed by atoms with van der Waals surface area (Å²) in [4.78, 5) is 0. The van der Waals surface area contributed by atoms with E-state index in [-0.39, 0.29) is 5.02 Å². The van der Waals surface area contributed by atoms with Crippen LogP contribution in [0.4, 0.5) is 4.39 Å². The Balaban J connectivity index is 3.33. The van der Waals surface area contributed by atoms with Crippen molar-refractivity contribution >= 4 is 28.3 Å². The molecule has 1 heterocycles. The molecular formula is C15H21ClFN2OS+. The Morgan fingerprint density at radius 3 is 2.71 bits per heavy atom. The Morgan fingerprint density at radius 1 is 1.57 bits per heavy atom. The van der Waals surface area contributed by atoms with Crippen LogP contribution in [0.2, 0.25) is 5.02 Å². The summed E-state index contributed by atoms with van der Waals surface area (Å²) >= 11 is 6.07. The summed E-state index contributed by atoms with van der Waals surface area (Å²) in [6, 6.07) is 1.69. The number of aryl methyl sites for hydroxylation is 1. The number of aromatic nitrogens is 1. The second-order valence-corrected chi connectivity index (χ2v) is 7.96. The number of hydrogen-bond donors (Lipinski definition) is 0. The van der Waals surface area contributed by atoms with E-state index in [0.29, 0.717) is 24.1 Å². The molecular weight excluding hydrogens is 311 g/mol. The van der Waals surface area contributed by atoms with E-state index in [9.17, 15) is 8.60 Å². The number of pyridine rings is 1. The largest absolute Gasteiger partial charge is 0.378 e. The fourth-order valence-corrected chi connectivity index (χ4v) is 2.49. The zero-order chi connectivity index (χ0) is 16.2. The van der Waals surface area contributed by atoms with Gasteiger partial charge in [0.1, 0.15) is 18.0 Å². The first kappa shape index (κ1) is 18.0. The van der Waals surface area contributed by atoms with E-state index in [4.69, 9.17) is 11.6 Å². The Morgan fingerprint density at radius 2 is 2.19 bits per heavy atom. The lowest BCUT2D eigenvalue weighted by atomic mass is 10.1. The molecule has 0 aliphatic carbocycles. The molecule has 1 rings (SSSR count). The van der Waals surface area contributed by atoms with Crippen molar-refractivity contribution in [3.63, 3.8) is 0 Å². The predicted octanol–water partition coefficient (Wildman–Crippen LogP) is 3.52. The zero-order valence-corrected chi connectivity index (χ0v) is 14.4. The van der Waals surface area contributed by atoms with Gasteiger partial charge in [-0.1, -0.05) is 17.7 Å². The molecule has 1 aromatic rings. The first-order valence-electron chi connectivity index (χ1n) is 6.63. The molecule has 0 aliphatic heterocycles. The molecule has 0 radical (unpaired) electrons. The summed E-state index contributed by atoms with van der Waals surface area (Å²) in [7, 11) is 0.142. The standard InChI is InChI=1S/C15H21ClFN2OS/c1-6-7-8-12(18-21(20)15(2,3)4)11-9-10-19(5)14(17)13(11)16/h6,9-10H,1,7-8H2,2-5H3/q+1/b18-12+/t21-/m0/s1. The van der Waals surface area contributed by atoms with Crippen LogP contribution in [0.3, 0.4) is 0 Å². The van der Waals surface area contributed by atoms with Crippen molar-refractivity contribution in [2.75, 3.05) is 0 Å². The van der Waals surface area contributed by atoms with Gasteiger partial charge >= 0.3 is 5.95 Å². The van der Waals surface area contributed by atoms with E-state index >= 15 is 0 Å². The van der Waals surface area contributed by atoms with Crippen LogP contribution in [0, 0.1) is 5.95 Å². The second kappa shape index (κ2) is 7.27. The third-order valence-corrected chi connectivity index (χ3v) is 4.60. The third kappa shape index (κ3) is 4.71. The molecule has 116 valence electrons.